The van der Waals surface area contributed by atoms with Gasteiger partial charge in [-0.2, -0.15) is 0 Å². The van der Waals surface area contributed by atoms with Gasteiger partial charge in [0.15, 0.2) is 11.5 Å². The summed E-state index contributed by atoms with van der Waals surface area (Å²) in [6.07, 6.45) is 1.25. The third kappa shape index (κ3) is 4.25. The van der Waals surface area contributed by atoms with E-state index >= 15 is 0 Å². The summed E-state index contributed by atoms with van der Waals surface area (Å²) < 4.78 is 20.8. The van der Waals surface area contributed by atoms with E-state index in [1.807, 2.05) is 42.5 Å². The minimum absolute atomic E-state index is 0.647. The molecule has 24 heavy (non-hydrogen) atoms. The van der Waals surface area contributed by atoms with Gasteiger partial charge in [0.25, 0.3) is 0 Å². The fraction of sp³-hybridized carbons (Fsp3) is 0.368. The van der Waals surface area contributed by atoms with Crippen LogP contribution in [-0.2, 0) is 0 Å². The molecule has 1 fully saturated rings. The second-order valence-electron chi connectivity index (χ2n) is 5.24. The summed E-state index contributed by atoms with van der Waals surface area (Å²) in [4.78, 5) is 2.28. The molecule has 130 valence electrons. The maximum atomic E-state index is 5.31. The van der Waals surface area contributed by atoms with Crippen LogP contribution >= 0.6 is 0 Å². The lowest BCUT2D eigenvalue weighted by molar-refractivity contribution is 0.324. The van der Waals surface area contributed by atoms with Crippen molar-refractivity contribution in [1.29, 1.82) is 0 Å². The minimum Gasteiger partial charge on any atom is -0.497 e. The number of hydrogen-bond acceptors (Lipinski definition) is 5. The molecule has 0 aliphatic carbocycles. The molecule has 0 atom stereocenters. The summed E-state index contributed by atoms with van der Waals surface area (Å²) in [5, 5.41) is 0. The highest BCUT2D eigenvalue weighted by Gasteiger charge is 2.19. The summed E-state index contributed by atoms with van der Waals surface area (Å²) in [5.41, 5.74) is 1.13. The van der Waals surface area contributed by atoms with E-state index in [-0.39, 0.29) is 0 Å². The lowest BCUT2D eigenvalue weighted by atomic mass is 10.1. The molecule has 0 spiro atoms. The van der Waals surface area contributed by atoms with E-state index in [2.05, 4.69) is 4.90 Å². The van der Waals surface area contributed by atoms with Gasteiger partial charge in [-0.3, -0.25) is 0 Å². The van der Waals surface area contributed by atoms with Gasteiger partial charge >= 0.3 is 0 Å². The number of benzene rings is 2. The second-order valence-corrected chi connectivity index (χ2v) is 5.24. The van der Waals surface area contributed by atoms with E-state index in [1.165, 1.54) is 6.42 Å². The fourth-order valence-electron chi connectivity index (χ4n) is 2.38. The Kier molecular flexibility index (Phi) is 6.61. The molecule has 0 aromatic heterocycles. The van der Waals surface area contributed by atoms with Crippen molar-refractivity contribution in [2.24, 2.45) is 0 Å². The minimum atomic E-state index is 0.647. The smallest absolute Gasteiger partial charge is 0.203 e. The largest absolute Gasteiger partial charge is 0.497 e. The molecule has 0 N–H and O–H groups in total. The predicted molar refractivity (Wildman–Crippen MR) is 95.9 cm³/mol. The van der Waals surface area contributed by atoms with E-state index in [1.54, 1.807) is 28.4 Å². The Bertz CT molecular complexity index is 602. The van der Waals surface area contributed by atoms with Crippen LogP contribution in [0.1, 0.15) is 6.42 Å². The van der Waals surface area contributed by atoms with Gasteiger partial charge in [0.2, 0.25) is 5.75 Å². The van der Waals surface area contributed by atoms with Crippen LogP contribution in [-0.4, -0.2) is 41.5 Å². The molecule has 3 rings (SSSR count). The van der Waals surface area contributed by atoms with E-state index in [0.29, 0.717) is 17.2 Å². The number of nitrogens with zero attached hydrogens (tertiary/aromatic N) is 1. The molecule has 0 amide bonds. The zero-order chi connectivity index (χ0) is 17.4. The number of ether oxygens (including phenoxy) is 4. The Labute approximate surface area is 143 Å². The van der Waals surface area contributed by atoms with Crippen LogP contribution in [0, 0.1) is 0 Å². The maximum absolute atomic E-state index is 5.31. The SMILES string of the molecule is COc1cc(N2CCC2)cc(OC)c1OC.COc1ccccc1. The van der Waals surface area contributed by atoms with Crippen molar-refractivity contribution >= 4 is 5.69 Å². The van der Waals surface area contributed by atoms with Gasteiger partial charge in [0.05, 0.1) is 28.4 Å². The molecule has 0 radical (unpaired) electrons. The highest BCUT2D eigenvalue weighted by molar-refractivity contribution is 5.64. The maximum Gasteiger partial charge on any atom is 0.203 e. The monoisotopic (exact) mass is 331 g/mol. The molecule has 0 unspecified atom stereocenters. The Hall–Kier alpha value is -2.56. The van der Waals surface area contributed by atoms with Crippen molar-refractivity contribution in [1.82, 2.24) is 0 Å². The first-order chi connectivity index (χ1) is 11.7. The average Bonchev–Trinajstić information content (AvgIpc) is 2.60. The van der Waals surface area contributed by atoms with Gasteiger partial charge in [-0.15, -0.1) is 0 Å². The topological polar surface area (TPSA) is 40.2 Å². The zero-order valence-electron chi connectivity index (χ0n) is 14.7. The zero-order valence-corrected chi connectivity index (χ0v) is 14.7. The highest BCUT2D eigenvalue weighted by atomic mass is 16.5. The van der Waals surface area contributed by atoms with E-state index in [4.69, 9.17) is 18.9 Å². The van der Waals surface area contributed by atoms with Crippen LogP contribution in [0.4, 0.5) is 5.69 Å². The molecule has 1 heterocycles. The first kappa shape index (κ1) is 17.8. The third-order valence-electron chi connectivity index (χ3n) is 3.85. The van der Waals surface area contributed by atoms with E-state index in [0.717, 1.165) is 24.5 Å². The van der Waals surface area contributed by atoms with Gasteiger partial charge in [-0.05, 0) is 18.6 Å². The van der Waals surface area contributed by atoms with Crippen molar-refractivity contribution in [3.05, 3.63) is 42.5 Å². The van der Waals surface area contributed by atoms with Crippen LogP contribution in [0.15, 0.2) is 42.5 Å². The molecule has 2 aromatic carbocycles. The van der Waals surface area contributed by atoms with Crippen molar-refractivity contribution in [3.8, 4) is 23.0 Å². The van der Waals surface area contributed by atoms with Gasteiger partial charge in [-0.25, -0.2) is 0 Å². The van der Waals surface area contributed by atoms with Crippen molar-refractivity contribution in [3.63, 3.8) is 0 Å². The molecule has 0 bridgehead atoms. The number of anilines is 1. The van der Waals surface area contributed by atoms with Crippen LogP contribution in [0.25, 0.3) is 0 Å². The molecule has 1 aliphatic rings. The van der Waals surface area contributed by atoms with E-state index in [9.17, 15) is 0 Å². The van der Waals surface area contributed by atoms with Crippen molar-refractivity contribution < 1.29 is 18.9 Å². The van der Waals surface area contributed by atoms with Crippen molar-refractivity contribution in [2.75, 3.05) is 46.4 Å². The highest BCUT2D eigenvalue weighted by Crippen LogP contribution is 2.41. The standard InChI is InChI=1S/C12H17NO3.C7H8O/c1-14-10-7-9(13-5-4-6-13)8-11(15-2)12(10)16-3;1-8-7-5-3-2-4-6-7/h7-8H,4-6H2,1-3H3;2-6H,1H3. The van der Waals surface area contributed by atoms with Crippen LogP contribution in [0.3, 0.4) is 0 Å². The predicted octanol–water partition coefficient (Wildman–Crippen LogP) is 3.62. The molecule has 1 aliphatic heterocycles. The van der Waals surface area contributed by atoms with Crippen LogP contribution in [0.5, 0.6) is 23.0 Å². The molecular formula is C19H25NO4. The Morgan fingerprint density at radius 1 is 0.750 bits per heavy atom. The molecule has 1 saturated heterocycles. The van der Waals surface area contributed by atoms with E-state index < -0.39 is 0 Å². The molecule has 5 nitrogen and oxygen atoms in total. The quantitative estimate of drug-likeness (QED) is 0.837. The lowest BCUT2D eigenvalue weighted by Crippen LogP contribution is -2.36. The summed E-state index contributed by atoms with van der Waals surface area (Å²) in [6.45, 7) is 2.19. The van der Waals surface area contributed by atoms with Gasteiger partial charge in [0, 0.05) is 30.9 Å². The third-order valence-corrected chi connectivity index (χ3v) is 3.85. The van der Waals surface area contributed by atoms with Gasteiger partial charge < -0.3 is 23.8 Å². The first-order valence-electron chi connectivity index (χ1n) is 7.87. The average molecular weight is 331 g/mol. The normalized spacial score (nSPS) is 12.4. The summed E-state index contributed by atoms with van der Waals surface area (Å²) >= 11 is 0. The second kappa shape index (κ2) is 8.91. The summed E-state index contributed by atoms with van der Waals surface area (Å²) in [7, 11) is 6.55. The molecule has 5 heteroatoms. The van der Waals surface area contributed by atoms with Crippen LogP contribution in [0.2, 0.25) is 0 Å². The van der Waals surface area contributed by atoms with Gasteiger partial charge in [-0.1, -0.05) is 18.2 Å². The fourth-order valence-corrected chi connectivity index (χ4v) is 2.38. The summed E-state index contributed by atoms with van der Waals surface area (Å²) in [6, 6.07) is 13.7. The number of hydrogen-bond donors (Lipinski definition) is 0. The van der Waals surface area contributed by atoms with Crippen LogP contribution < -0.4 is 23.8 Å². The molecular weight excluding hydrogens is 306 g/mol. The Morgan fingerprint density at radius 2 is 1.33 bits per heavy atom. The lowest BCUT2D eigenvalue weighted by Gasteiger charge is -2.33. The number of para-hydroxylation sites is 1. The molecule has 2 aromatic rings. The first-order valence-corrected chi connectivity index (χ1v) is 7.87. The Balaban J connectivity index is 0.000000219. The van der Waals surface area contributed by atoms with Gasteiger partial charge in [0.1, 0.15) is 5.75 Å². The van der Waals surface area contributed by atoms with Crippen molar-refractivity contribution in [2.45, 2.75) is 6.42 Å². The number of methoxy groups -OCH3 is 4. The summed E-state index contributed by atoms with van der Waals surface area (Å²) in [5.74, 6) is 2.98. The number of rotatable bonds is 5. The molecule has 0 saturated carbocycles. The Morgan fingerprint density at radius 3 is 1.67 bits per heavy atom.